The number of phenolic OH excluding ortho intramolecular Hbond substituents is 1. The maximum absolute atomic E-state index is 10.6. The highest BCUT2D eigenvalue weighted by molar-refractivity contribution is 5.85. The van der Waals surface area contributed by atoms with Crippen LogP contribution in [0.5, 0.6) is 5.75 Å². The summed E-state index contributed by atoms with van der Waals surface area (Å²) >= 11 is 0. The van der Waals surface area contributed by atoms with Crippen molar-refractivity contribution in [2.24, 2.45) is 0 Å². The van der Waals surface area contributed by atoms with Crippen LogP contribution in [0.1, 0.15) is 6.42 Å². The molecule has 0 aliphatic rings. The van der Waals surface area contributed by atoms with Gasteiger partial charge >= 0.3 is 0 Å². The first-order chi connectivity index (χ1) is 7.15. The monoisotopic (exact) mass is 284 g/mol. The second kappa shape index (κ2) is 8.86. The summed E-state index contributed by atoms with van der Waals surface area (Å²) in [6, 6.07) is 3.89. The van der Waals surface area contributed by atoms with E-state index in [2.05, 4.69) is 5.32 Å². The summed E-state index contributed by atoms with van der Waals surface area (Å²) in [5, 5.41) is 31.1. The molecule has 17 heavy (non-hydrogen) atoms. The van der Waals surface area contributed by atoms with E-state index in [1.807, 2.05) is 0 Å². The first-order valence-electron chi connectivity index (χ1n) is 4.47. The van der Waals surface area contributed by atoms with Crippen molar-refractivity contribution in [3.05, 3.63) is 28.3 Å². The Kier molecular flexibility index (Phi) is 9.45. The first-order valence-corrected chi connectivity index (χ1v) is 4.47. The van der Waals surface area contributed by atoms with Gasteiger partial charge in [-0.1, -0.05) is 0 Å². The van der Waals surface area contributed by atoms with E-state index in [1.54, 1.807) is 0 Å². The molecule has 0 unspecified atom stereocenters. The van der Waals surface area contributed by atoms with Gasteiger partial charge in [0.2, 0.25) is 0 Å². The molecule has 0 heterocycles. The molecule has 0 aliphatic carbocycles. The van der Waals surface area contributed by atoms with E-state index in [0.717, 1.165) is 6.07 Å². The van der Waals surface area contributed by atoms with Gasteiger partial charge in [-0.15, -0.1) is 24.8 Å². The summed E-state index contributed by atoms with van der Waals surface area (Å²) in [7, 11) is 0. The number of hydrogen-bond acceptors (Lipinski definition) is 5. The molecule has 1 rings (SSSR count). The average molecular weight is 285 g/mol. The van der Waals surface area contributed by atoms with Crippen LogP contribution >= 0.6 is 24.8 Å². The van der Waals surface area contributed by atoms with E-state index in [4.69, 9.17) is 10.2 Å². The Balaban J connectivity index is 0. The lowest BCUT2D eigenvalue weighted by Gasteiger charge is -2.05. The van der Waals surface area contributed by atoms with Gasteiger partial charge < -0.3 is 15.5 Å². The molecule has 98 valence electrons. The zero-order valence-electron chi connectivity index (χ0n) is 8.83. The van der Waals surface area contributed by atoms with Crippen molar-refractivity contribution >= 4 is 36.2 Å². The minimum Gasteiger partial charge on any atom is -0.508 e. The summed E-state index contributed by atoms with van der Waals surface area (Å²) in [5.74, 6) is -0.144. The van der Waals surface area contributed by atoms with Crippen molar-refractivity contribution in [3.8, 4) is 5.75 Å². The normalized spacial score (nSPS) is 8.76. The number of hydrogen-bond donors (Lipinski definition) is 3. The van der Waals surface area contributed by atoms with Gasteiger partial charge in [0.1, 0.15) is 11.4 Å². The van der Waals surface area contributed by atoms with Gasteiger partial charge in [-0.2, -0.15) is 0 Å². The van der Waals surface area contributed by atoms with Crippen molar-refractivity contribution < 1.29 is 15.1 Å². The Morgan fingerprint density at radius 1 is 1.35 bits per heavy atom. The van der Waals surface area contributed by atoms with Crippen LogP contribution in [0, 0.1) is 10.1 Å². The van der Waals surface area contributed by atoms with Crippen LogP contribution in [0.25, 0.3) is 0 Å². The predicted molar refractivity (Wildman–Crippen MR) is 69.4 cm³/mol. The fraction of sp³-hybridized carbons (Fsp3) is 0.333. The Hall–Kier alpha value is -1.24. The number of rotatable bonds is 5. The Morgan fingerprint density at radius 3 is 2.53 bits per heavy atom. The molecule has 0 saturated carbocycles. The molecule has 0 saturated heterocycles. The molecule has 0 atom stereocenters. The summed E-state index contributed by atoms with van der Waals surface area (Å²) in [4.78, 5) is 10.0. The first kappa shape index (κ1) is 18.1. The smallest absolute Gasteiger partial charge is 0.296 e. The quantitative estimate of drug-likeness (QED) is 0.332. The summed E-state index contributed by atoms with van der Waals surface area (Å²) in [6.07, 6.45) is 0.512. The van der Waals surface area contributed by atoms with Crippen LogP contribution in [0.15, 0.2) is 18.2 Å². The number of halogens is 2. The Bertz CT molecular complexity index is 363. The third-order valence-electron chi connectivity index (χ3n) is 1.83. The summed E-state index contributed by atoms with van der Waals surface area (Å²) in [5.41, 5.74) is 0.166. The number of phenols is 1. The standard InChI is InChI=1S/C9H12N2O4.2ClH/c12-5-1-4-10-8-3-2-7(13)6-9(8)11(14)15;;/h2-3,6,10,12-13H,1,4-5H2;2*1H. The maximum atomic E-state index is 10.6. The molecule has 0 aliphatic heterocycles. The predicted octanol–water partition coefficient (Wildman–Crippen LogP) is 1.94. The van der Waals surface area contributed by atoms with Gasteiger partial charge in [0, 0.05) is 13.2 Å². The highest BCUT2D eigenvalue weighted by Crippen LogP contribution is 2.28. The lowest BCUT2D eigenvalue weighted by atomic mass is 10.2. The molecule has 1 aromatic carbocycles. The van der Waals surface area contributed by atoms with Gasteiger partial charge in [-0.3, -0.25) is 10.1 Å². The lowest BCUT2D eigenvalue weighted by molar-refractivity contribution is -0.384. The van der Waals surface area contributed by atoms with Crippen molar-refractivity contribution in [1.82, 2.24) is 0 Å². The van der Waals surface area contributed by atoms with E-state index in [1.165, 1.54) is 12.1 Å². The van der Waals surface area contributed by atoms with E-state index in [9.17, 15) is 10.1 Å². The number of aromatic hydroxyl groups is 1. The largest absolute Gasteiger partial charge is 0.508 e. The number of nitrogens with one attached hydrogen (secondary N) is 1. The minimum atomic E-state index is -0.568. The SMILES string of the molecule is Cl.Cl.O=[N+]([O-])c1cc(O)ccc1NCCCO. The summed E-state index contributed by atoms with van der Waals surface area (Å²) < 4.78 is 0. The number of anilines is 1. The van der Waals surface area contributed by atoms with E-state index in [-0.39, 0.29) is 42.9 Å². The fourth-order valence-corrected chi connectivity index (χ4v) is 1.12. The van der Waals surface area contributed by atoms with Crippen LogP contribution in [0.4, 0.5) is 11.4 Å². The molecule has 3 N–H and O–H groups in total. The maximum Gasteiger partial charge on any atom is 0.296 e. The molecule has 1 aromatic rings. The number of aliphatic hydroxyl groups excluding tert-OH is 1. The highest BCUT2D eigenvalue weighted by atomic mass is 35.5. The molecular formula is C9H14Cl2N2O4. The molecule has 0 amide bonds. The van der Waals surface area contributed by atoms with Crippen LogP contribution in [0.2, 0.25) is 0 Å². The van der Waals surface area contributed by atoms with Crippen LogP contribution in [-0.2, 0) is 0 Å². The number of nitro groups is 1. The lowest BCUT2D eigenvalue weighted by Crippen LogP contribution is -2.05. The second-order valence-corrected chi connectivity index (χ2v) is 2.96. The van der Waals surface area contributed by atoms with Gasteiger partial charge in [-0.25, -0.2) is 0 Å². The van der Waals surface area contributed by atoms with Gasteiger partial charge in [-0.05, 0) is 18.6 Å². The zero-order valence-corrected chi connectivity index (χ0v) is 10.5. The van der Waals surface area contributed by atoms with Crippen molar-refractivity contribution in [1.29, 1.82) is 0 Å². The molecule has 0 aromatic heterocycles. The highest BCUT2D eigenvalue weighted by Gasteiger charge is 2.13. The molecule has 0 radical (unpaired) electrons. The third kappa shape index (κ3) is 5.58. The number of nitrogens with zero attached hydrogens (tertiary/aromatic N) is 1. The summed E-state index contributed by atoms with van der Waals surface area (Å²) in [6.45, 7) is 0.473. The number of nitro benzene ring substituents is 1. The molecule has 8 heteroatoms. The van der Waals surface area contributed by atoms with Crippen LogP contribution in [-0.4, -0.2) is 28.3 Å². The zero-order chi connectivity index (χ0) is 11.3. The van der Waals surface area contributed by atoms with Gasteiger partial charge in [0.15, 0.2) is 0 Å². The van der Waals surface area contributed by atoms with Crippen LogP contribution < -0.4 is 5.32 Å². The topological polar surface area (TPSA) is 95.6 Å². The average Bonchev–Trinajstić information content (AvgIpc) is 2.20. The third-order valence-corrected chi connectivity index (χ3v) is 1.83. The van der Waals surface area contributed by atoms with Gasteiger partial charge in [0.05, 0.1) is 11.0 Å². The van der Waals surface area contributed by atoms with Crippen LogP contribution in [0.3, 0.4) is 0 Å². The number of aliphatic hydroxyl groups is 1. The molecule has 0 bridgehead atoms. The van der Waals surface area contributed by atoms with E-state index >= 15 is 0 Å². The molecule has 0 spiro atoms. The Labute approximate surface area is 111 Å². The van der Waals surface area contributed by atoms with Gasteiger partial charge in [0.25, 0.3) is 5.69 Å². The fourth-order valence-electron chi connectivity index (χ4n) is 1.12. The Morgan fingerprint density at radius 2 is 2.00 bits per heavy atom. The number of benzene rings is 1. The second-order valence-electron chi connectivity index (χ2n) is 2.96. The van der Waals surface area contributed by atoms with E-state index in [0.29, 0.717) is 18.7 Å². The van der Waals surface area contributed by atoms with Crippen molar-refractivity contribution in [2.75, 3.05) is 18.5 Å². The minimum absolute atomic E-state index is 0. The molecule has 6 nitrogen and oxygen atoms in total. The molecule has 0 fully saturated rings. The van der Waals surface area contributed by atoms with Crippen molar-refractivity contribution in [3.63, 3.8) is 0 Å². The van der Waals surface area contributed by atoms with Crippen molar-refractivity contribution in [2.45, 2.75) is 6.42 Å². The molecular weight excluding hydrogens is 271 g/mol. The van der Waals surface area contributed by atoms with E-state index < -0.39 is 4.92 Å².